The van der Waals surface area contributed by atoms with Crippen LogP contribution >= 0.6 is 0 Å². The molecule has 3 aliphatic rings. The smallest absolute Gasteiger partial charge is 0.0726 e. The van der Waals surface area contributed by atoms with E-state index >= 15 is 0 Å². The predicted molar refractivity (Wildman–Crippen MR) is 184 cm³/mol. The largest absolute Gasteiger partial charge is 0.310 e. The van der Waals surface area contributed by atoms with Crippen LogP contribution < -0.4 is 4.90 Å². The van der Waals surface area contributed by atoms with Crippen molar-refractivity contribution in [3.8, 4) is 22.3 Å². The summed E-state index contributed by atoms with van der Waals surface area (Å²) in [5, 5.41) is 0. The molecule has 0 N–H and O–H groups in total. The normalized spacial score (nSPS) is 15.7. The van der Waals surface area contributed by atoms with Crippen molar-refractivity contribution in [3.63, 3.8) is 0 Å². The van der Waals surface area contributed by atoms with E-state index in [1.54, 1.807) is 0 Å². The number of nitrogens with zero attached hydrogens (tertiary/aromatic N) is 1. The SMILES string of the molecule is Cc1ccc2c(c1)C1(c3cc(C)ccc3-2)c2cc(C)ccc2-c2ccc(N3c4ccccc4C(C)(C)c4ccccc43)cc21. The van der Waals surface area contributed by atoms with Crippen LogP contribution in [0, 0.1) is 20.8 Å². The lowest BCUT2D eigenvalue weighted by atomic mass is 9.69. The van der Waals surface area contributed by atoms with Crippen molar-refractivity contribution >= 4 is 17.1 Å². The van der Waals surface area contributed by atoms with Gasteiger partial charge >= 0.3 is 0 Å². The molecule has 1 spiro atoms. The predicted octanol–water partition coefficient (Wildman–Crippen LogP) is 11.1. The van der Waals surface area contributed by atoms with Crippen molar-refractivity contribution < 1.29 is 0 Å². The van der Waals surface area contributed by atoms with Gasteiger partial charge in [-0.15, -0.1) is 0 Å². The molecule has 0 radical (unpaired) electrons. The summed E-state index contributed by atoms with van der Waals surface area (Å²) in [5.74, 6) is 0. The molecule has 0 saturated carbocycles. The molecule has 1 heteroatoms. The van der Waals surface area contributed by atoms with Crippen molar-refractivity contribution in [2.75, 3.05) is 4.90 Å². The summed E-state index contributed by atoms with van der Waals surface area (Å²) in [6.45, 7) is 11.4. The van der Waals surface area contributed by atoms with Crippen LogP contribution in [0.5, 0.6) is 0 Å². The molecule has 2 aliphatic carbocycles. The third-order valence-corrected chi connectivity index (χ3v) is 10.6. The minimum Gasteiger partial charge on any atom is -0.310 e. The minimum atomic E-state index is -0.372. The molecule has 1 heterocycles. The fourth-order valence-corrected chi connectivity index (χ4v) is 8.64. The minimum absolute atomic E-state index is 0.0895. The average molecular weight is 566 g/mol. The second-order valence-electron chi connectivity index (χ2n) is 13.6. The van der Waals surface area contributed by atoms with E-state index in [9.17, 15) is 0 Å². The highest BCUT2D eigenvalue weighted by Crippen LogP contribution is 2.64. The zero-order chi connectivity index (χ0) is 30.0. The van der Waals surface area contributed by atoms with Crippen molar-refractivity contribution in [2.45, 2.75) is 45.4 Å². The molecule has 0 atom stereocenters. The third kappa shape index (κ3) is 3.09. The number of hydrogen-bond donors (Lipinski definition) is 0. The molecule has 0 saturated heterocycles. The maximum absolute atomic E-state index is 2.51. The molecule has 0 amide bonds. The van der Waals surface area contributed by atoms with Crippen LogP contribution in [0.1, 0.15) is 63.9 Å². The Labute approximate surface area is 260 Å². The third-order valence-electron chi connectivity index (χ3n) is 10.6. The summed E-state index contributed by atoms with van der Waals surface area (Å²) in [7, 11) is 0. The number of aryl methyl sites for hydroxylation is 3. The second kappa shape index (κ2) is 8.61. The fraction of sp³-hybridized carbons (Fsp3) is 0.163. The van der Waals surface area contributed by atoms with Gasteiger partial charge in [0.2, 0.25) is 0 Å². The van der Waals surface area contributed by atoms with E-state index in [2.05, 4.69) is 161 Å². The summed E-state index contributed by atoms with van der Waals surface area (Å²) in [5.41, 5.74) is 20.9. The van der Waals surface area contributed by atoms with Gasteiger partial charge in [0.05, 0.1) is 16.8 Å². The molecule has 9 rings (SSSR count). The van der Waals surface area contributed by atoms with E-state index in [1.807, 2.05) is 0 Å². The number of benzene rings is 6. The van der Waals surface area contributed by atoms with Gasteiger partial charge in [-0.3, -0.25) is 0 Å². The van der Waals surface area contributed by atoms with Gasteiger partial charge in [-0.2, -0.15) is 0 Å². The standard InChI is InChI=1S/C43H35N/c1-26-14-18-30-31-19-15-27(2)23-37(31)43(36(30)22-26)38-24-28(3)16-20-32(38)33-21-17-29(25-39(33)43)44-40-12-8-6-10-34(40)42(4,5)35-11-7-9-13-41(35)44/h6-25H,1-5H3. The van der Waals surface area contributed by atoms with Crippen LogP contribution in [-0.2, 0) is 10.8 Å². The Bertz CT molecular complexity index is 2070. The summed E-state index contributed by atoms with van der Waals surface area (Å²) in [6.07, 6.45) is 0. The molecule has 0 unspecified atom stereocenters. The summed E-state index contributed by atoms with van der Waals surface area (Å²) < 4.78 is 0. The van der Waals surface area contributed by atoms with Crippen molar-refractivity contribution in [1.29, 1.82) is 0 Å². The molecule has 1 aliphatic heterocycles. The van der Waals surface area contributed by atoms with Gasteiger partial charge in [0.1, 0.15) is 0 Å². The number of hydrogen-bond acceptors (Lipinski definition) is 1. The van der Waals surface area contributed by atoms with Crippen molar-refractivity contribution in [2.24, 2.45) is 0 Å². The number of fused-ring (bicyclic) bond motifs is 12. The van der Waals surface area contributed by atoms with E-state index in [0.717, 1.165) is 0 Å². The quantitative estimate of drug-likeness (QED) is 0.191. The van der Waals surface area contributed by atoms with Crippen LogP contribution in [-0.4, -0.2) is 0 Å². The first-order valence-corrected chi connectivity index (χ1v) is 15.8. The van der Waals surface area contributed by atoms with E-state index in [-0.39, 0.29) is 10.8 Å². The lowest BCUT2D eigenvalue weighted by Gasteiger charge is -2.42. The zero-order valence-electron chi connectivity index (χ0n) is 26.0. The summed E-state index contributed by atoms with van der Waals surface area (Å²) in [4.78, 5) is 2.50. The van der Waals surface area contributed by atoms with Crippen molar-refractivity contribution in [1.82, 2.24) is 0 Å². The van der Waals surface area contributed by atoms with Gasteiger partial charge in [-0.05, 0) is 101 Å². The Morgan fingerprint density at radius 3 is 1.25 bits per heavy atom. The Morgan fingerprint density at radius 2 is 0.795 bits per heavy atom. The van der Waals surface area contributed by atoms with E-state index in [1.165, 1.54) is 89.4 Å². The van der Waals surface area contributed by atoms with Gasteiger partial charge in [-0.25, -0.2) is 0 Å². The highest BCUT2D eigenvalue weighted by atomic mass is 15.2. The second-order valence-corrected chi connectivity index (χ2v) is 13.6. The molecule has 0 aromatic heterocycles. The molecule has 212 valence electrons. The number of para-hydroxylation sites is 2. The number of anilines is 3. The van der Waals surface area contributed by atoms with Crippen molar-refractivity contribution in [3.05, 3.63) is 171 Å². The van der Waals surface area contributed by atoms with Gasteiger partial charge in [0, 0.05) is 11.1 Å². The van der Waals surface area contributed by atoms with Gasteiger partial charge in [0.15, 0.2) is 0 Å². The van der Waals surface area contributed by atoms with Gasteiger partial charge < -0.3 is 4.90 Å². The molecule has 44 heavy (non-hydrogen) atoms. The molecule has 6 aromatic carbocycles. The van der Waals surface area contributed by atoms with E-state index in [4.69, 9.17) is 0 Å². The van der Waals surface area contributed by atoms with Crippen LogP contribution in [0.4, 0.5) is 17.1 Å². The Balaban J connectivity index is 1.39. The van der Waals surface area contributed by atoms with Crippen LogP contribution in [0.3, 0.4) is 0 Å². The lowest BCUT2D eigenvalue weighted by molar-refractivity contribution is 0.632. The van der Waals surface area contributed by atoms with Gasteiger partial charge in [-0.1, -0.05) is 128 Å². The molecule has 1 nitrogen and oxygen atoms in total. The first-order chi connectivity index (χ1) is 21.3. The Hall–Kier alpha value is -4.88. The molecule has 6 aromatic rings. The van der Waals surface area contributed by atoms with Crippen LogP contribution in [0.15, 0.2) is 121 Å². The van der Waals surface area contributed by atoms with E-state index in [0.29, 0.717) is 0 Å². The first-order valence-electron chi connectivity index (χ1n) is 15.8. The molecule has 0 fully saturated rings. The topological polar surface area (TPSA) is 3.24 Å². The molecular formula is C43H35N. The Kier molecular flexibility index (Phi) is 5.01. The maximum atomic E-state index is 2.51. The highest BCUT2D eigenvalue weighted by Gasteiger charge is 2.52. The summed E-state index contributed by atoms with van der Waals surface area (Å²) in [6, 6.07) is 46.4. The average Bonchev–Trinajstić information content (AvgIpc) is 3.46. The summed E-state index contributed by atoms with van der Waals surface area (Å²) >= 11 is 0. The monoisotopic (exact) mass is 565 g/mol. The highest BCUT2D eigenvalue weighted by molar-refractivity contribution is 5.97. The first kappa shape index (κ1) is 25.6. The zero-order valence-corrected chi connectivity index (χ0v) is 26.0. The fourth-order valence-electron chi connectivity index (χ4n) is 8.64. The molecule has 0 bridgehead atoms. The lowest BCUT2D eigenvalue weighted by Crippen LogP contribution is -2.31. The maximum Gasteiger partial charge on any atom is 0.0726 e. The number of rotatable bonds is 1. The van der Waals surface area contributed by atoms with E-state index < -0.39 is 0 Å². The van der Waals surface area contributed by atoms with Crippen LogP contribution in [0.25, 0.3) is 22.3 Å². The Morgan fingerprint density at radius 1 is 0.409 bits per heavy atom. The van der Waals surface area contributed by atoms with Gasteiger partial charge in [0.25, 0.3) is 0 Å². The molecular weight excluding hydrogens is 530 g/mol. The van der Waals surface area contributed by atoms with Crippen LogP contribution in [0.2, 0.25) is 0 Å².